The second kappa shape index (κ2) is 7.47. The van der Waals surface area contributed by atoms with E-state index >= 15 is 0 Å². The van der Waals surface area contributed by atoms with Crippen molar-refractivity contribution < 1.29 is 19.2 Å². The van der Waals surface area contributed by atoms with E-state index in [1.54, 1.807) is 13.0 Å². The van der Waals surface area contributed by atoms with Crippen molar-refractivity contribution in [2.45, 2.75) is 6.92 Å². The normalized spacial score (nSPS) is 13.0. The molecule has 0 aliphatic carbocycles. The van der Waals surface area contributed by atoms with Crippen molar-refractivity contribution in [1.29, 1.82) is 0 Å². The Labute approximate surface area is 148 Å². The summed E-state index contributed by atoms with van der Waals surface area (Å²) in [5, 5.41) is 14.7. The Kier molecular flexibility index (Phi) is 4.93. The van der Waals surface area contributed by atoms with E-state index in [0.717, 1.165) is 5.56 Å². The Balaban J connectivity index is 1.63. The van der Waals surface area contributed by atoms with Crippen molar-refractivity contribution in [2.75, 3.05) is 6.79 Å². The van der Waals surface area contributed by atoms with Crippen LogP contribution in [0.4, 0.5) is 5.69 Å². The number of ether oxygens (including phenoxy) is 2. The van der Waals surface area contributed by atoms with Crippen LogP contribution in [-0.2, 0) is 0 Å². The summed E-state index contributed by atoms with van der Waals surface area (Å²) in [5.74, 6) is 0.863. The Morgan fingerprint density at radius 2 is 2.04 bits per heavy atom. The molecular formula is C18H15N3O5. The fourth-order valence-corrected chi connectivity index (χ4v) is 2.24. The number of carbonyl (C=O) groups is 1. The molecule has 2 aromatic rings. The fraction of sp³-hybridized carbons (Fsp3) is 0.111. The topological polar surface area (TPSA) is 103 Å². The molecule has 0 aromatic heterocycles. The molecule has 1 heterocycles. The van der Waals surface area contributed by atoms with Gasteiger partial charge in [0, 0.05) is 17.7 Å². The average molecular weight is 353 g/mol. The lowest BCUT2D eigenvalue weighted by Crippen LogP contribution is -2.18. The maximum absolute atomic E-state index is 12.0. The van der Waals surface area contributed by atoms with Crippen LogP contribution < -0.4 is 14.9 Å². The monoisotopic (exact) mass is 353 g/mol. The van der Waals surface area contributed by atoms with E-state index in [1.165, 1.54) is 24.3 Å². The van der Waals surface area contributed by atoms with Gasteiger partial charge in [-0.15, -0.1) is 0 Å². The number of nitrogens with zero attached hydrogens (tertiary/aromatic N) is 2. The molecule has 8 heteroatoms. The summed E-state index contributed by atoms with van der Waals surface area (Å²) < 4.78 is 10.6. The summed E-state index contributed by atoms with van der Waals surface area (Å²) in [5.41, 5.74) is 3.84. The lowest BCUT2D eigenvalue weighted by atomic mass is 10.2. The molecule has 0 saturated heterocycles. The first-order chi connectivity index (χ1) is 12.5. The zero-order valence-corrected chi connectivity index (χ0v) is 13.8. The van der Waals surface area contributed by atoms with Gasteiger partial charge in [0.25, 0.3) is 11.6 Å². The number of nitro benzene ring substituents is 1. The van der Waals surface area contributed by atoms with Gasteiger partial charge in [0.1, 0.15) is 0 Å². The van der Waals surface area contributed by atoms with Crippen LogP contribution in [0.15, 0.2) is 53.6 Å². The number of hydrogen-bond acceptors (Lipinski definition) is 6. The molecule has 8 nitrogen and oxygen atoms in total. The second-order valence-corrected chi connectivity index (χ2v) is 5.45. The number of carbonyl (C=O) groups excluding carboxylic acids is 1. The highest BCUT2D eigenvalue weighted by atomic mass is 16.7. The van der Waals surface area contributed by atoms with Crippen LogP contribution >= 0.6 is 0 Å². The van der Waals surface area contributed by atoms with Gasteiger partial charge in [-0.2, -0.15) is 5.10 Å². The van der Waals surface area contributed by atoms with Crippen molar-refractivity contribution in [2.24, 2.45) is 5.10 Å². The number of fused-ring (bicyclic) bond motifs is 1. The minimum absolute atomic E-state index is 0.152. The molecule has 0 saturated carbocycles. The Morgan fingerprint density at radius 3 is 2.85 bits per heavy atom. The van der Waals surface area contributed by atoms with Gasteiger partial charge in [0.2, 0.25) is 6.79 Å². The third-order valence-corrected chi connectivity index (χ3v) is 3.57. The fourth-order valence-electron chi connectivity index (χ4n) is 2.24. The number of non-ortho nitro benzene ring substituents is 1. The molecule has 0 spiro atoms. The number of nitrogens with one attached hydrogen (secondary N) is 1. The lowest BCUT2D eigenvalue weighted by molar-refractivity contribution is -0.384. The molecule has 132 valence electrons. The van der Waals surface area contributed by atoms with Gasteiger partial charge in [-0.25, -0.2) is 5.43 Å². The minimum atomic E-state index is -0.556. The van der Waals surface area contributed by atoms with Crippen LogP contribution in [0.3, 0.4) is 0 Å². The molecule has 0 bridgehead atoms. The number of nitro groups is 1. The van der Waals surface area contributed by atoms with Gasteiger partial charge in [-0.1, -0.05) is 18.2 Å². The van der Waals surface area contributed by atoms with Crippen LogP contribution in [0.5, 0.6) is 11.5 Å². The van der Waals surface area contributed by atoms with E-state index < -0.39 is 10.8 Å². The summed E-state index contributed by atoms with van der Waals surface area (Å²) in [6.07, 6.45) is 3.55. The standard InChI is InChI=1S/C18H15N3O5/c1-12(5-6-13-7-8-16-17(9-13)26-11-25-16)19-20-18(22)14-3-2-4-15(10-14)21(23)24/h2-10H,11H2,1H3,(H,20,22)/b6-5+,19-12-. The predicted molar refractivity (Wildman–Crippen MR) is 95.3 cm³/mol. The van der Waals surface area contributed by atoms with Gasteiger partial charge < -0.3 is 9.47 Å². The van der Waals surface area contributed by atoms with E-state index in [4.69, 9.17) is 9.47 Å². The Hall–Kier alpha value is -3.68. The summed E-state index contributed by atoms with van der Waals surface area (Å²) >= 11 is 0. The maximum Gasteiger partial charge on any atom is 0.271 e. The van der Waals surface area contributed by atoms with E-state index in [9.17, 15) is 14.9 Å². The van der Waals surface area contributed by atoms with Crippen molar-refractivity contribution >= 4 is 23.4 Å². The van der Waals surface area contributed by atoms with Crippen molar-refractivity contribution in [3.8, 4) is 11.5 Å². The predicted octanol–water partition coefficient (Wildman–Crippen LogP) is 3.14. The highest BCUT2D eigenvalue weighted by Crippen LogP contribution is 2.32. The van der Waals surface area contributed by atoms with Gasteiger partial charge in [0.15, 0.2) is 11.5 Å². The van der Waals surface area contributed by atoms with E-state index in [2.05, 4.69) is 10.5 Å². The average Bonchev–Trinajstić information content (AvgIpc) is 3.12. The third kappa shape index (κ3) is 4.04. The highest BCUT2D eigenvalue weighted by Gasteiger charge is 2.12. The molecule has 0 unspecified atom stereocenters. The first-order valence-electron chi connectivity index (χ1n) is 7.70. The highest BCUT2D eigenvalue weighted by molar-refractivity contribution is 5.99. The summed E-state index contributed by atoms with van der Waals surface area (Å²) in [7, 11) is 0. The van der Waals surface area contributed by atoms with Crippen molar-refractivity contribution in [3.05, 3.63) is 69.8 Å². The molecule has 26 heavy (non-hydrogen) atoms. The van der Waals surface area contributed by atoms with E-state index in [1.807, 2.05) is 24.3 Å². The molecule has 0 atom stereocenters. The van der Waals surface area contributed by atoms with Crippen LogP contribution in [0.1, 0.15) is 22.8 Å². The zero-order valence-electron chi connectivity index (χ0n) is 13.8. The van der Waals surface area contributed by atoms with Crippen molar-refractivity contribution in [3.63, 3.8) is 0 Å². The molecule has 3 rings (SSSR count). The first kappa shape index (κ1) is 17.2. The number of benzene rings is 2. The number of rotatable bonds is 5. The van der Waals surface area contributed by atoms with Gasteiger partial charge in [-0.3, -0.25) is 14.9 Å². The minimum Gasteiger partial charge on any atom is -0.454 e. The molecular weight excluding hydrogens is 338 g/mol. The number of amides is 1. The van der Waals surface area contributed by atoms with E-state index in [0.29, 0.717) is 17.2 Å². The summed E-state index contributed by atoms with van der Waals surface area (Å²) in [4.78, 5) is 22.2. The molecule has 0 fully saturated rings. The molecule has 1 aliphatic heterocycles. The van der Waals surface area contributed by atoms with Gasteiger partial charge in [0.05, 0.1) is 10.6 Å². The number of hydrazone groups is 1. The Bertz CT molecular complexity index is 921. The molecule has 1 aliphatic rings. The van der Waals surface area contributed by atoms with Crippen LogP contribution in [0, 0.1) is 10.1 Å². The smallest absolute Gasteiger partial charge is 0.271 e. The van der Waals surface area contributed by atoms with Gasteiger partial charge >= 0.3 is 0 Å². The first-order valence-corrected chi connectivity index (χ1v) is 7.70. The Morgan fingerprint density at radius 1 is 1.23 bits per heavy atom. The third-order valence-electron chi connectivity index (χ3n) is 3.57. The second-order valence-electron chi connectivity index (χ2n) is 5.45. The van der Waals surface area contributed by atoms with Gasteiger partial charge in [-0.05, 0) is 36.8 Å². The summed E-state index contributed by atoms with van der Waals surface area (Å²) in [6.45, 7) is 1.93. The molecule has 1 amide bonds. The van der Waals surface area contributed by atoms with Crippen molar-refractivity contribution in [1.82, 2.24) is 5.43 Å². The van der Waals surface area contributed by atoms with Crippen LogP contribution in [-0.4, -0.2) is 23.3 Å². The SMILES string of the molecule is CC(/C=C/c1ccc2c(c1)OCO2)=N/NC(=O)c1cccc([N+](=O)[O-])c1. The quantitative estimate of drug-likeness (QED) is 0.505. The molecule has 2 aromatic carbocycles. The molecule has 1 N–H and O–H groups in total. The zero-order chi connectivity index (χ0) is 18.5. The maximum atomic E-state index is 12.0. The van der Waals surface area contributed by atoms with E-state index in [-0.39, 0.29) is 18.0 Å². The molecule has 0 radical (unpaired) electrons. The lowest BCUT2D eigenvalue weighted by Gasteiger charge is -2.01. The number of allylic oxidation sites excluding steroid dienone is 1. The number of hydrogen-bond donors (Lipinski definition) is 1. The van der Waals surface area contributed by atoms with Crippen LogP contribution in [0.25, 0.3) is 6.08 Å². The summed E-state index contributed by atoms with van der Waals surface area (Å²) in [6, 6.07) is 11.0. The largest absolute Gasteiger partial charge is 0.454 e. The van der Waals surface area contributed by atoms with Crippen LogP contribution in [0.2, 0.25) is 0 Å².